The minimum absolute atomic E-state index is 0.00855. The minimum Gasteiger partial charge on any atom is -0.462 e. The SMILES string of the molecule is [CH2]C(COC(=O)/C=C/c1ccc(OC(F)(F)C2CCC(CCCC(F)(F)F)CC2)cc1)c1ccc(N)cc1N. The van der Waals surface area contributed by atoms with Crippen LogP contribution >= 0.6 is 0 Å². The summed E-state index contributed by atoms with van der Waals surface area (Å²) in [7, 11) is 0. The summed E-state index contributed by atoms with van der Waals surface area (Å²) in [5.41, 5.74) is 13.9. The molecule has 0 saturated heterocycles. The molecule has 1 aliphatic rings. The van der Waals surface area contributed by atoms with Gasteiger partial charge in [-0.25, -0.2) is 4.79 Å². The number of nitrogen functional groups attached to an aromatic ring is 2. The summed E-state index contributed by atoms with van der Waals surface area (Å²) in [5.74, 6) is -1.96. The summed E-state index contributed by atoms with van der Waals surface area (Å²) >= 11 is 0. The molecule has 1 unspecified atom stereocenters. The summed E-state index contributed by atoms with van der Waals surface area (Å²) in [6, 6.07) is 10.9. The number of ether oxygens (including phenoxy) is 2. The lowest BCUT2D eigenvalue weighted by atomic mass is 9.79. The van der Waals surface area contributed by atoms with Crippen LogP contribution in [0.1, 0.15) is 62.0 Å². The molecule has 2 aromatic carbocycles. The second kappa shape index (κ2) is 13.2. The van der Waals surface area contributed by atoms with Gasteiger partial charge in [0, 0.05) is 29.8 Å². The highest BCUT2D eigenvalue weighted by atomic mass is 19.4. The van der Waals surface area contributed by atoms with Crippen LogP contribution < -0.4 is 16.2 Å². The highest BCUT2D eigenvalue weighted by Crippen LogP contribution is 2.41. The quantitative estimate of drug-likeness (QED) is 0.130. The second-order valence-corrected chi connectivity index (χ2v) is 10.0. The molecule has 1 radical (unpaired) electrons. The third-order valence-corrected chi connectivity index (χ3v) is 6.92. The zero-order chi connectivity index (χ0) is 28.6. The van der Waals surface area contributed by atoms with Crippen LogP contribution in [0.5, 0.6) is 5.75 Å². The molecular formula is C29H34F5N2O3. The smallest absolute Gasteiger partial charge is 0.400 e. The van der Waals surface area contributed by atoms with Crippen LogP contribution in [0.15, 0.2) is 48.5 Å². The van der Waals surface area contributed by atoms with Crippen LogP contribution in [-0.4, -0.2) is 24.9 Å². The first kappa shape index (κ1) is 30.2. The van der Waals surface area contributed by atoms with Crippen molar-refractivity contribution in [1.82, 2.24) is 0 Å². The third kappa shape index (κ3) is 9.75. The van der Waals surface area contributed by atoms with Crippen molar-refractivity contribution in [2.24, 2.45) is 11.8 Å². The molecule has 0 bridgehead atoms. The molecule has 1 fully saturated rings. The lowest BCUT2D eigenvalue weighted by Gasteiger charge is -2.33. The maximum Gasteiger partial charge on any atom is 0.400 e. The largest absolute Gasteiger partial charge is 0.462 e. The van der Waals surface area contributed by atoms with E-state index in [4.69, 9.17) is 20.9 Å². The topological polar surface area (TPSA) is 87.6 Å². The maximum absolute atomic E-state index is 14.7. The first-order valence-corrected chi connectivity index (χ1v) is 12.9. The number of rotatable bonds is 11. The van der Waals surface area contributed by atoms with Crippen LogP contribution in [0.4, 0.5) is 33.3 Å². The Morgan fingerprint density at radius 1 is 1.03 bits per heavy atom. The number of carbonyl (C=O) groups excluding carboxylic acids is 1. The molecule has 0 aromatic heterocycles. The fraction of sp³-hybridized carbons (Fsp3) is 0.448. The summed E-state index contributed by atoms with van der Waals surface area (Å²) in [6.45, 7) is 3.96. The Bertz CT molecular complexity index is 1110. The van der Waals surface area contributed by atoms with Gasteiger partial charge in [-0.3, -0.25) is 0 Å². The first-order valence-electron chi connectivity index (χ1n) is 12.9. The zero-order valence-electron chi connectivity index (χ0n) is 21.6. The van der Waals surface area contributed by atoms with Gasteiger partial charge in [0.2, 0.25) is 0 Å². The van der Waals surface area contributed by atoms with Crippen molar-refractivity contribution in [3.8, 4) is 5.75 Å². The number of halogens is 5. The van der Waals surface area contributed by atoms with Gasteiger partial charge in [0.25, 0.3) is 0 Å². The van der Waals surface area contributed by atoms with E-state index in [2.05, 4.69) is 6.92 Å². The molecule has 0 aliphatic heterocycles. The van der Waals surface area contributed by atoms with E-state index in [0.29, 0.717) is 41.8 Å². The number of nitrogens with two attached hydrogens (primary N) is 2. The molecule has 0 amide bonds. The standard InChI is InChI=1S/C29H34F5N2O3/c1-19(25-14-11-23(35)17-26(25)36)18-38-27(37)15-8-21-6-12-24(13-7-21)39-29(33,34)22-9-4-20(5-10-22)3-2-16-28(30,31)32/h6-8,11-15,17,19-20,22H,1-5,9-10,16,18,35-36H2/b15-8+. The Morgan fingerprint density at radius 2 is 1.69 bits per heavy atom. The average molecular weight is 554 g/mol. The minimum atomic E-state index is -4.18. The van der Waals surface area contributed by atoms with E-state index in [1.165, 1.54) is 36.4 Å². The van der Waals surface area contributed by atoms with E-state index < -0.39 is 30.6 Å². The van der Waals surface area contributed by atoms with Crippen molar-refractivity contribution in [3.05, 3.63) is 66.6 Å². The molecule has 39 heavy (non-hydrogen) atoms. The molecule has 0 spiro atoms. The molecule has 1 atom stereocenters. The number of anilines is 2. The van der Waals surface area contributed by atoms with E-state index in [0.717, 1.165) is 0 Å². The predicted molar refractivity (Wildman–Crippen MR) is 141 cm³/mol. The summed E-state index contributed by atoms with van der Waals surface area (Å²) in [6.07, 6.45) is -3.96. The summed E-state index contributed by atoms with van der Waals surface area (Å²) in [4.78, 5) is 12.1. The highest BCUT2D eigenvalue weighted by Gasteiger charge is 2.44. The van der Waals surface area contributed by atoms with Crippen molar-refractivity contribution in [2.75, 3.05) is 18.1 Å². The molecule has 2 aromatic rings. The predicted octanol–water partition coefficient (Wildman–Crippen LogP) is 7.54. The van der Waals surface area contributed by atoms with Gasteiger partial charge in [-0.2, -0.15) is 22.0 Å². The number of alkyl halides is 5. The Morgan fingerprint density at radius 3 is 2.31 bits per heavy atom. The molecule has 1 aliphatic carbocycles. The number of hydrogen-bond acceptors (Lipinski definition) is 5. The fourth-order valence-electron chi connectivity index (χ4n) is 4.72. The van der Waals surface area contributed by atoms with E-state index in [1.54, 1.807) is 18.2 Å². The van der Waals surface area contributed by atoms with Gasteiger partial charge < -0.3 is 20.9 Å². The van der Waals surface area contributed by atoms with Gasteiger partial charge in [0.05, 0.1) is 12.5 Å². The highest BCUT2D eigenvalue weighted by molar-refractivity contribution is 5.87. The molecule has 5 nitrogen and oxygen atoms in total. The molecule has 213 valence electrons. The first-order chi connectivity index (χ1) is 18.3. The fourth-order valence-corrected chi connectivity index (χ4v) is 4.72. The number of esters is 1. The van der Waals surface area contributed by atoms with E-state index in [1.807, 2.05) is 0 Å². The summed E-state index contributed by atoms with van der Waals surface area (Å²) < 4.78 is 76.6. The van der Waals surface area contributed by atoms with Crippen LogP contribution in [0.3, 0.4) is 0 Å². The molecule has 1 saturated carbocycles. The van der Waals surface area contributed by atoms with Gasteiger partial charge in [-0.15, -0.1) is 0 Å². The Hall–Kier alpha value is -3.30. The van der Waals surface area contributed by atoms with Gasteiger partial charge in [0.15, 0.2) is 0 Å². The molecule has 4 N–H and O–H groups in total. The van der Waals surface area contributed by atoms with Crippen LogP contribution in [0.25, 0.3) is 6.08 Å². The lowest BCUT2D eigenvalue weighted by molar-refractivity contribution is -0.223. The number of benzene rings is 2. The zero-order valence-corrected chi connectivity index (χ0v) is 21.6. The van der Waals surface area contributed by atoms with Crippen molar-refractivity contribution < 1.29 is 36.2 Å². The lowest BCUT2D eigenvalue weighted by Crippen LogP contribution is -2.37. The van der Waals surface area contributed by atoms with Gasteiger partial charge in [-0.1, -0.05) is 24.6 Å². The van der Waals surface area contributed by atoms with Gasteiger partial charge in [0.1, 0.15) is 5.75 Å². The third-order valence-electron chi connectivity index (χ3n) is 6.92. The van der Waals surface area contributed by atoms with E-state index in [-0.39, 0.29) is 43.5 Å². The molecule has 10 heteroatoms. The summed E-state index contributed by atoms with van der Waals surface area (Å²) in [5, 5.41) is 0. The van der Waals surface area contributed by atoms with Crippen LogP contribution in [0, 0.1) is 18.8 Å². The number of hydrogen-bond donors (Lipinski definition) is 2. The monoisotopic (exact) mass is 553 g/mol. The van der Waals surface area contributed by atoms with Crippen molar-refractivity contribution in [3.63, 3.8) is 0 Å². The Labute approximate surface area is 225 Å². The Kier molecular flexibility index (Phi) is 10.2. The van der Waals surface area contributed by atoms with Gasteiger partial charge in [-0.05, 0) is 86.4 Å². The Balaban J connectivity index is 1.43. The van der Waals surface area contributed by atoms with Gasteiger partial charge >= 0.3 is 18.3 Å². The van der Waals surface area contributed by atoms with Crippen LogP contribution in [0.2, 0.25) is 0 Å². The van der Waals surface area contributed by atoms with Crippen molar-refractivity contribution >= 4 is 23.4 Å². The maximum atomic E-state index is 14.7. The molecule has 0 heterocycles. The number of carbonyl (C=O) groups is 1. The molecule has 3 rings (SSSR count). The normalized spacial score (nSPS) is 19.1. The average Bonchev–Trinajstić information content (AvgIpc) is 2.86. The van der Waals surface area contributed by atoms with E-state index >= 15 is 0 Å². The van der Waals surface area contributed by atoms with E-state index in [9.17, 15) is 26.7 Å². The van der Waals surface area contributed by atoms with Crippen LogP contribution in [-0.2, 0) is 9.53 Å². The van der Waals surface area contributed by atoms with Crippen molar-refractivity contribution in [2.45, 2.75) is 63.1 Å². The van der Waals surface area contributed by atoms with Crippen molar-refractivity contribution in [1.29, 1.82) is 0 Å². The second-order valence-electron chi connectivity index (χ2n) is 10.0. The molecular weight excluding hydrogens is 519 g/mol.